The highest BCUT2D eigenvalue weighted by atomic mass is 19.4. The number of carboxylic acids is 1. The Bertz CT molecular complexity index is 1620. The number of hydrogen-bond acceptors (Lipinski definition) is 4. The Kier molecular flexibility index (Phi) is 7.87. The monoisotopic (exact) mass is 601 g/mol. The number of alkyl halides is 6. The van der Waals surface area contributed by atoms with Crippen LogP contribution in [0.25, 0.3) is 11.1 Å². The van der Waals surface area contributed by atoms with Crippen molar-refractivity contribution >= 4 is 11.7 Å². The van der Waals surface area contributed by atoms with Crippen LogP contribution in [0.1, 0.15) is 27.0 Å². The number of carboxylic acid groups (broad SMARTS) is 1. The molecular formula is C32H25F6NO4. The Morgan fingerprint density at radius 1 is 0.860 bits per heavy atom. The largest absolute Gasteiger partial charge is 0.573 e. The number of aliphatic hydroxyl groups excluding tert-OH is 1. The van der Waals surface area contributed by atoms with Crippen LogP contribution in [0.5, 0.6) is 5.75 Å². The fourth-order valence-electron chi connectivity index (χ4n) is 5.63. The van der Waals surface area contributed by atoms with Crippen molar-refractivity contribution in [3.8, 4) is 16.9 Å². The van der Waals surface area contributed by atoms with E-state index in [0.717, 1.165) is 0 Å². The van der Waals surface area contributed by atoms with Gasteiger partial charge in [-0.3, -0.25) is 0 Å². The van der Waals surface area contributed by atoms with Crippen molar-refractivity contribution < 1.29 is 46.1 Å². The second kappa shape index (κ2) is 11.3. The van der Waals surface area contributed by atoms with E-state index in [-0.39, 0.29) is 18.5 Å². The number of nitrogens with zero attached hydrogens (tertiary/aromatic N) is 1. The molecule has 43 heavy (non-hydrogen) atoms. The summed E-state index contributed by atoms with van der Waals surface area (Å²) < 4.78 is 83.3. The number of β-amino-alcohol motifs (C(OH)–C–C–N with tert-alkyl or cyclic N) is 1. The van der Waals surface area contributed by atoms with Gasteiger partial charge >= 0.3 is 18.5 Å². The van der Waals surface area contributed by atoms with E-state index in [9.17, 15) is 41.4 Å². The number of para-hydroxylation sites is 1. The highest BCUT2D eigenvalue weighted by molar-refractivity contribution is 5.88. The first-order valence-corrected chi connectivity index (χ1v) is 13.1. The first-order valence-electron chi connectivity index (χ1n) is 13.1. The summed E-state index contributed by atoms with van der Waals surface area (Å²) in [6.45, 7) is -0.749. The lowest BCUT2D eigenvalue weighted by molar-refractivity contribution is -0.274. The lowest BCUT2D eigenvalue weighted by Gasteiger charge is -2.33. The topological polar surface area (TPSA) is 70.0 Å². The van der Waals surface area contributed by atoms with Gasteiger partial charge < -0.3 is 19.8 Å². The SMILES string of the molecule is O=C(O)c1ccc(-c2cccc(C3(Cc4cccc(OC(F)(F)F)c4)CN(CC(O)C(F)(F)F)c4ccccc43)c2)cc1. The van der Waals surface area contributed by atoms with Gasteiger partial charge in [-0.25, -0.2) is 4.79 Å². The van der Waals surface area contributed by atoms with Crippen molar-refractivity contribution in [1.82, 2.24) is 0 Å². The van der Waals surface area contributed by atoms with Crippen LogP contribution in [0.2, 0.25) is 0 Å². The van der Waals surface area contributed by atoms with Gasteiger partial charge in [-0.1, -0.05) is 66.7 Å². The van der Waals surface area contributed by atoms with E-state index in [1.165, 1.54) is 35.2 Å². The number of hydrogen-bond donors (Lipinski definition) is 2. The summed E-state index contributed by atoms with van der Waals surface area (Å²) >= 11 is 0. The van der Waals surface area contributed by atoms with Gasteiger partial charge in [-0.2, -0.15) is 13.2 Å². The van der Waals surface area contributed by atoms with Crippen molar-refractivity contribution in [3.05, 3.63) is 119 Å². The Hall–Kier alpha value is -4.51. The van der Waals surface area contributed by atoms with Crippen molar-refractivity contribution in [2.24, 2.45) is 0 Å². The molecule has 0 bridgehead atoms. The third kappa shape index (κ3) is 6.46. The van der Waals surface area contributed by atoms with Crippen LogP contribution in [0.3, 0.4) is 0 Å². The molecule has 2 atom stereocenters. The number of aliphatic hydroxyl groups is 1. The lowest BCUT2D eigenvalue weighted by atomic mass is 9.71. The molecule has 11 heteroatoms. The molecule has 0 spiro atoms. The Labute approximate surface area is 242 Å². The summed E-state index contributed by atoms with van der Waals surface area (Å²) in [5, 5.41) is 19.2. The highest BCUT2D eigenvalue weighted by Crippen LogP contribution is 2.48. The number of rotatable bonds is 8. The number of anilines is 1. The van der Waals surface area contributed by atoms with E-state index in [4.69, 9.17) is 0 Å². The van der Waals surface area contributed by atoms with Crippen molar-refractivity contribution in [2.45, 2.75) is 30.5 Å². The maximum atomic E-state index is 13.4. The third-order valence-corrected chi connectivity index (χ3v) is 7.51. The molecule has 224 valence electrons. The van der Waals surface area contributed by atoms with Crippen LogP contribution >= 0.6 is 0 Å². The average Bonchev–Trinajstić information content (AvgIpc) is 3.26. The second-order valence-corrected chi connectivity index (χ2v) is 10.4. The minimum atomic E-state index is -4.91. The van der Waals surface area contributed by atoms with Gasteiger partial charge in [0.15, 0.2) is 6.10 Å². The zero-order valence-electron chi connectivity index (χ0n) is 22.4. The Balaban J connectivity index is 1.63. The maximum absolute atomic E-state index is 13.4. The normalized spacial score (nSPS) is 17.4. The number of halogens is 6. The molecule has 0 radical (unpaired) electrons. The number of ether oxygens (including phenoxy) is 1. The summed E-state index contributed by atoms with van der Waals surface area (Å²) in [4.78, 5) is 12.8. The molecule has 1 aliphatic rings. The number of carbonyl (C=O) groups is 1. The van der Waals surface area contributed by atoms with Crippen LogP contribution in [0, 0.1) is 0 Å². The fourth-order valence-corrected chi connectivity index (χ4v) is 5.63. The molecule has 0 saturated carbocycles. The fraction of sp³-hybridized carbons (Fsp3) is 0.219. The molecule has 5 rings (SSSR count). The molecule has 1 aliphatic heterocycles. The Morgan fingerprint density at radius 2 is 1.56 bits per heavy atom. The molecule has 0 saturated heterocycles. The van der Waals surface area contributed by atoms with Gasteiger partial charge in [0, 0.05) is 17.6 Å². The summed E-state index contributed by atoms with van der Waals surface area (Å²) in [5.41, 5.74) is 2.68. The predicted octanol–water partition coefficient (Wildman–Crippen LogP) is 7.22. The van der Waals surface area contributed by atoms with E-state index in [0.29, 0.717) is 33.5 Å². The smallest absolute Gasteiger partial charge is 0.478 e. The summed E-state index contributed by atoms with van der Waals surface area (Å²) in [5.74, 6) is -1.51. The highest BCUT2D eigenvalue weighted by Gasteiger charge is 2.47. The van der Waals surface area contributed by atoms with Crippen LogP contribution in [-0.4, -0.2) is 47.9 Å². The van der Waals surface area contributed by atoms with Crippen LogP contribution in [0.15, 0.2) is 97.1 Å². The van der Waals surface area contributed by atoms with Crippen LogP contribution in [-0.2, 0) is 11.8 Å². The van der Waals surface area contributed by atoms with Gasteiger partial charge in [0.25, 0.3) is 0 Å². The van der Waals surface area contributed by atoms with Gasteiger partial charge in [-0.05, 0) is 64.6 Å². The quantitative estimate of drug-likeness (QED) is 0.209. The van der Waals surface area contributed by atoms with Crippen LogP contribution in [0.4, 0.5) is 32.0 Å². The zero-order chi connectivity index (χ0) is 31.0. The second-order valence-electron chi connectivity index (χ2n) is 10.4. The standard InChI is InChI=1S/C32H25F6NO4/c33-31(34,35)28(40)18-39-19-30(26-9-1-2-10-27(26)39,17-20-5-3-8-25(15-20)43-32(36,37)38)24-7-4-6-23(16-24)21-11-13-22(14-12-21)29(41)42/h1-16,28,40H,17-19H2,(H,41,42). The molecule has 2 N–H and O–H groups in total. The Morgan fingerprint density at radius 3 is 2.23 bits per heavy atom. The predicted molar refractivity (Wildman–Crippen MR) is 147 cm³/mol. The minimum absolute atomic E-state index is 0.00868. The van der Waals surface area contributed by atoms with Crippen LogP contribution < -0.4 is 9.64 Å². The van der Waals surface area contributed by atoms with E-state index in [1.807, 2.05) is 6.07 Å². The maximum Gasteiger partial charge on any atom is 0.573 e. The molecule has 4 aromatic rings. The summed E-state index contributed by atoms with van der Waals surface area (Å²) in [6, 6.07) is 25.7. The molecular weight excluding hydrogens is 576 g/mol. The third-order valence-electron chi connectivity index (χ3n) is 7.51. The average molecular weight is 602 g/mol. The lowest BCUT2D eigenvalue weighted by Crippen LogP contribution is -2.44. The summed E-state index contributed by atoms with van der Waals surface area (Å²) in [6.07, 6.45) is -12.3. The molecule has 0 fully saturated rings. The van der Waals surface area contributed by atoms with Gasteiger partial charge in [0.05, 0.1) is 12.1 Å². The number of aromatic carboxylic acids is 1. The molecule has 5 nitrogen and oxygen atoms in total. The van der Waals surface area contributed by atoms with Gasteiger partial charge in [-0.15, -0.1) is 13.2 Å². The van der Waals surface area contributed by atoms with E-state index < -0.39 is 42.3 Å². The minimum Gasteiger partial charge on any atom is -0.478 e. The molecule has 1 heterocycles. The van der Waals surface area contributed by atoms with Crippen molar-refractivity contribution in [3.63, 3.8) is 0 Å². The molecule has 4 aromatic carbocycles. The summed E-state index contributed by atoms with van der Waals surface area (Å²) in [7, 11) is 0. The van der Waals surface area contributed by atoms with Gasteiger partial charge in [0.2, 0.25) is 0 Å². The molecule has 0 aromatic heterocycles. The van der Waals surface area contributed by atoms with E-state index in [1.54, 1.807) is 60.7 Å². The van der Waals surface area contributed by atoms with Gasteiger partial charge in [0.1, 0.15) is 5.75 Å². The first-order chi connectivity index (χ1) is 20.2. The number of benzene rings is 4. The van der Waals surface area contributed by atoms with Crippen molar-refractivity contribution in [1.29, 1.82) is 0 Å². The first kappa shape index (κ1) is 30.0. The van der Waals surface area contributed by atoms with Crippen molar-refractivity contribution in [2.75, 3.05) is 18.0 Å². The molecule has 2 unspecified atom stereocenters. The molecule has 0 aliphatic carbocycles. The number of fused-ring (bicyclic) bond motifs is 1. The zero-order valence-corrected chi connectivity index (χ0v) is 22.4. The van der Waals surface area contributed by atoms with E-state index in [2.05, 4.69) is 4.74 Å². The molecule has 0 amide bonds. The van der Waals surface area contributed by atoms with E-state index >= 15 is 0 Å².